The van der Waals surface area contributed by atoms with Crippen molar-refractivity contribution in [3.8, 4) is 11.5 Å². The number of amides is 1. The van der Waals surface area contributed by atoms with Crippen molar-refractivity contribution in [2.24, 2.45) is 0 Å². The molecule has 0 radical (unpaired) electrons. The molecule has 30 heavy (non-hydrogen) atoms. The lowest BCUT2D eigenvalue weighted by atomic mass is 9.92. The maximum Gasteiger partial charge on any atom is 0.223 e. The molecule has 1 aliphatic rings. The summed E-state index contributed by atoms with van der Waals surface area (Å²) in [6.45, 7) is 0.195. The van der Waals surface area contributed by atoms with Gasteiger partial charge in [0.2, 0.25) is 5.91 Å². The number of hydrogen-bond donors (Lipinski definition) is 1. The number of aromatic amines is 1. The van der Waals surface area contributed by atoms with Crippen molar-refractivity contribution in [2.45, 2.75) is 31.8 Å². The number of carbonyl (C=O) groups excluding carboxylic acids is 2. The van der Waals surface area contributed by atoms with Gasteiger partial charge in [-0.15, -0.1) is 0 Å². The number of aliphatic carboxylic acids is 1. The fourth-order valence-electron chi connectivity index (χ4n) is 4.11. The summed E-state index contributed by atoms with van der Waals surface area (Å²) in [6.07, 6.45) is 2.82. The second kappa shape index (κ2) is 8.10. The zero-order valence-corrected chi connectivity index (χ0v) is 16.9. The number of benzene rings is 2. The Balaban J connectivity index is 1.56. The standard InChI is InChI=1S/C23H24N2O5/c1-29-20-10-15-9-19(23(27)28)25(13-16(15)11-21(20)30-2)22(26)8-7-14-12-24-18-6-4-3-5-17(14)18/h3-6,10-12,19,24H,7-9,13H2,1-2H3,(H,27,28)/p-1/t19-/m0/s1. The van der Waals surface area contributed by atoms with Crippen molar-refractivity contribution in [2.75, 3.05) is 14.2 Å². The minimum atomic E-state index is -1.25. The van der Waals surface area contributed by atoms with Crippen molar-refractivity contribution in [3.63, 3.8) is 0 Å². The number of fused-ring (bicyclic) bond motifs is 2. The van der Waals surface area contributed by atoms with Crippen molar-refractivity contribution < 1.29 is 24.2 Å². The van der Waals surface area contributed by atoms with Gasteiger partial charge in [0.15, 0.2) is 11.5 Å². The average molecular weight is 407 g/mol. The van der Waals surface area contributed by atoms with Gasteiger partial charge in [-0.25, -0.2) is 0 Å². The van der Waals surface area contributed by atoms with E-state index in [1.807, 2.05) is 30.5 Å². The van der Waals surface area contributed by atoms with Crippen LogP contribution in [0.2, 0.25) is 0 Å². The lowest BCUT2D eigenvalue weighted by Crippen LogP contribution is -2.53. The zero-order chi connectivity index (χ0) is 21.3. The van der Waals surface area contributed by atoms with Gasteiger partial charge in [0, 0.05) is 30.1 Å². The van der Waals surface area contributed by atoms with Gasteiger partial charge in [-0.1, -0.05) is 18.2 Å². The molecule has 1 atom stereocenters. The van der Waals surface area contributed by atoms with Crippen LogP contribution in [0, 0.1) is 0 Å². The number of hydrogen-bond acceptors (Lipinski definition) is 5. The number of ether oxygens (including phenoxy) is 2. The molecule has 7 heteroatoms. The van der Waals surface area contributed by atoms with Crippen LogP contribution in [0.5, 0.6) is 11.5 Å². The Labute approximate surface area is 174 Å². The van der Waals surface area contributed by atoms with E-state index in [0.717, 1.165) is 27.6 Å². The molecule has 0 spiro atoms. The van der Waals surface area contributed by atoms with E-state index in [1.165, 1.54) is 12.0 Å². The van der Waals surface area contributed by atoms with Crippen LogP contribution in [0.1, 0.15) is 23.1 Å². The normalized spacial score (nSPS) is 15.7. The van der Waals surface area contributed by atoms with Gasteiger partial charge in [-0.2, -0.15) is 0 Å². The molecular formula is C23H23N2O5-. The Hall–Kier alpha value is -3.48. The lowest BCUT2D eigenvalue weighted by molar-refractivity contribution is -0.311. The van der Waals surface area contributed by atoms with Crippen LogP contribution in [0.25, 0.3) is 10.9 Å². The van der Waals surface area contributed by atoms with Gasteiger partial charge >= 0.3 is 0 Å². The maximum absolute atomic E-state index is 13.0. The highest BCUT2D eigenvalue weighted by atomic mass is 16.5. The van der Waals surface area contributed by atoms with Crippen LogP contribution >= 0.6 is 0 Å². The number of carboxylic acid groups (broad SMARTS) is 1. The molecule has 3 aromatic rings. The van der Waals surface area contributed by atoms with Crippen LogP contribution in [0.3, 0.4) is 0 Å². The number of rotatable bonds is 6. The summed E-state index contributed by atoms with van der Waals surface area (Å²) in [5.74, 6) is -0.382. The van der Waals surface area contributed by atoms with E-state index in [2.05, 4.69) is 4.98 Å². The number of aromatic nitrogens is 1. The summed E-state index contributed by atoms with van der Waals surface area (Å²) in [5, 5.41) is 12.9. The molecule has 0 saturated carbocycles. The number of para-hydroxylation sites is 1. The molecule has 0 saturated heterocycles. The first-order valence-corrected chi connectivity index (χ1v) is 9.81. The van der Waals surface area contributed by atoms with Gasteiger partial charge in [0.05, 0.1) is 26.2 Å². The Morgan fingerprint density at radius 3 is 2.53 bits per heavy atom. The summed E-state index contributed by atoms with van der Waals surface area (Å²) >= 11 is 0. The number of nitrogens with one attached hydrogen (secondary N) is 1. The van der Waals surface area contributed by atoms with E-state index >= 15 is 0 Å². The first-order chi connectivity index (χ1) is 14.5. The molecule has 1 aromatic heterocycles. The number of carboxylic acids is 1. The molecular weight excluding hydrogens is 384 g/mol. The van der Waals surface area contributed by atoms with E-state index in [4.69, 9.17) is 9.47 Å². The summed E-state index contributed by atoms with van der Waals surface area (Å²) < 4.78 is 10.7. The second-order valence-corrected chi connectivity index (χ2v) is 7.40. The van der Waals surface area contributed by atoms with Crippen LogP contribution in [-0.2, 0) is 29.0 Å². The number of H-pyrrole nitrogens is 1. The lowest BCUT2D eigenvalue weighted by Gasteiger charge is -2.38. The molecule has 0 bridgehead atoms. The van der Waals surface area contributed by atoms with Crippen LogP contribution in [0.15, 0.2) is 42.6 Å². The first kappa shape index (κ1) is 19.8. The maximum atomic E-state index is 13.0. The van der Waals surface area contributed by atoms with Gasteiger partial charge in [0.25, 0.3) is 0 Å². The van der Waals surface area contributed by atoms with Gasteiger partial charge < -0.3 is 29.3 Å². The topological polar surface area (TPSA) is 94.7 Å². The zero-order valence-electron chi connectivity index (χ0n) is 16.9. The third-order valence-corrected chi connectivity index (χ3v) is 5.71. The summed E-state index contributed by atoms with van der Waals surface area (Å²) in [7, 11) is 3.07. The quantitative estimate of drug-likeness (QED) is 0.673. The van der Waals surface area contributed by atoms with E-state index in [9.17, 15) is 14.7 Å². The Kier molecular flexibility index (Phi) is 5.35. The highest BCUT2D eigenvalue weighted by Crippen LogP contribution is 2.35. The van der Waals surface area contributed by atoms with Crippen molar-refractivity contribution >= 4 is 22.8 Å². The molecule has 4 rings (SSSR count). The second-order valence-electron chi connectivity index (χ2n) is 7.40. The minimum absolute atomic E-state index is 0.177. The van der Waals surface area contributed by atoms with Crippen LogP contribution < -0.4 is 14.6 Å². The Morgan fingerprint density at radius 1 is 1.13 bits per heavy atom. The third-order valence-electron chi connectivity index (χ3n) is 5.71. The van der Waals surface area contributed by atoms with Gasteiger partial charge in [-0.3, -0.25) is 4.79 Å². The summed E-state index contributed by atoms with van der Waals surface area (Å²) in [6, 6.07) is 10.5. The van der Waals surface area contributed by atoms with Gasteiger partial charge in [-0.05, 0) is 47.7 Å². The fourth-order valence-corrected chi connectivity index (χ4v) is 4.11. The first-order valence-electron chi connectivity index (χ1n) is 9.81. The van der Waals surface area contributed by atoms with Crippen LogP contribution in [-0.4, -0.2) is 42.0 Å². The molecule has 2 heterocycles. The number of nitrogens with zero attached hydrogens (tertiary/aromatic N) is 1. The van der Waals surface area contributed by atoms with Crippen molar-refractivity contribution in [3.05, 3.63) is 59.3 Å². The summed E-state index contributed by atoms with van der Waals surface area (Å²) in [4.78, 5) is 29.4. The van der Waals surface area contributed by atoms with Crippen molar-refractivity contribution in [1.29, 1.82) is 0 Å². The number of carbonyl (C=O) groups is 2. The van der Waals surface area contributed by atoms with E-state index in [-0.39, 0.29) is 25.3 Å². The molecule has 1 amide bonds. The predicted molar refractivity (Wildman–Crippen MR) is 109 cm³/mol. The third kappa shape index (κ3) is 3.58. The van der Waals surface area contributed by atoms with E-state index < -0.39 is 12.0 Å². The molecule has 2 aromatic carbocycles. The number of aryl methyl sites for hydroxylation is 1. The van der Waals surface area contributed by atoms with E-state index in [1.54, 1.807) is 19.2 Å². The number of methoxy groups -OCH3 is 2. The fraction of sp³-hybridized carbons (Fsp3) is 0.304. The van der Waals surface area contributed by atoms with Crippen LogP contribution in [0.4, 0.5) is 0 Å². The molecule has 0 unspecified atom stereocenters. The predicted octanol–water partition coefficient (Wildman–Crippen LogP) is 1.82. The molecule has 1 aliphatic heterocycles. The Morgan fingerprint density at radius 2 is 1.83 bits per heavy atom. The SMILES string of the molecule is COc1cc2c(cc1OC)CN(C(=O)CCc1c[nH]c3ccccc13)[C@H](C(=O)[O-])C2. The largest absolute Gasteiger partial charge is 0.548 e. The molecule has 0 aliphatic carbocycles. The summed E-state index contributed by atoms with van der Waals surface area (Å²) in [5.41, 5.74) is 3.72. The monoisotopic (exact) mass is 407 g/mol. The highest BCUT2D eigenvalue weighted by Gasteiger charge is 2.31. The molecule has 1 N–H and O–H groups in total. The molecule has 0 fully saturated rings. The average Bonchev–Trinajstić information content (AvgIpc) is 3.18. The van der Waals surface area contributed by atoms with E-state index in [0.29, 0.717) is 17.9 Å². The molecule has 7 nitrogen and oxygen atoms in total. The highest BCUT2D eigenvalue weighted by molar-refractivity contribution is 5.86. The smallest absolute Gasteiger partial charge is 0.223 e. The molecule has 156 valence electrons. The Bertz CT molecular complexity index is 1100. The van der Waals surface area contributed by atoms with Crippen molar-refractivity contribution in [1.82, 2.24) is 9.88 Å². The minimum Gasteiger partial charge on any atom is -0.548 e. The van der Waals surface area contributed by atoms with Gasteiger partial charge in [0.1, 0.15) is 0 Å².